The molecule has 1 saturated heterocycles. The lowest BCUT2D eigenvalue weighted by molar-refractivity contribution is 0.168. The van der Waals surface area contributed by atoms with Gasteiger partial charge in [-0.2, -0.15) is 0 Å². The molecule has 0 bridgehead atoms. The molecule has 1 aliphatic rings. The first-order valence-electron chi connectivity index (χ1n) is 6.94. The van der Waals surface area contributed by atoms with Crippen LogP contribution in [-0.2, 0) is 16.6 Å². The smallest absolute Gasteiger partial charge is 0.208 e. The van der Waals surface area contributed by atoms with Crippen LogP contribution in [-0.4, -0.2) is 44.4 Å². The first-order chi connectivity index (χ1) is 9.35. The van der Waals surface area contributed by atoms with Gasteiger partial charge in [-0.25, -0.2) is 13.1 Å². The van der Waals surface area contributed by atoms with E-state index in [1.807, 2.05) is 13.8 Å². The van der Waals surface area contributed by atoms with Gasteiger partial charge >= 0.3 is 0 Å². The van der Waals surface area contributed by atoms with Crippen LogP contribution in [0.25, 0.3) is 0 Å². The highest BCUT2D eigenvalue weighted by Crippen LogP contribution is 2.21. The third-order valence-electron chi connectivity index (χ3n) is 3.80. The molecule has 2 rings (SSSR count). The number of hydrogen-bond acceptors (Lipinski definition) is 5. The van der Waals surface area contributed by atoms with Crippen molar-refractivity contribution in [1.29, 1.82) is 0 Å². The maximum absolute atomic E-state index is 11.2. The molecule has 20 heavy (non-hydrogen) atoms. The van der Waals surface area contributed by atoms with E-state index in [9.17, 15) is 8.42 Å². The van der Waals surface area contributed by atoms with E-state index in [4.69, 9.17) is 4.52 Å². The van der Waals surface area contributed by atoms with Gasteiger partial charge in [-0.05, 0) is 39.2 Å². The number of piperidine rings is 1. The molecule has 0 saturated carbocycles. The summed E-state index contributed by atoms with van der Waals surface area (Å²) in [6, 6.07) is 0. The predicted octanol–water partition coefficient (Wildman–Crippen LogP) is 1.05. The van der Waals surface area contributed by atoms with Crippen molar-refractivity contribution in [3.05, 3.63) is 17.0 Å². The topological polar surface area (TPSA) is 75.4 Å². The zero-order valence-electron chi connectivity index (χ0n) is 12.3. The quantitative estimate of drug-likeness (QED) is 0.880. The third-order valence-corrected chi connectivity index (χ3v) is 4.49. The lowest BCUT2D eigenvalue weighted by atomic mass is 9.98. The Balaban J connectivity index is 1.90. The monoisotopic (exact) mass is 301 g/mol. The van der Waals surface area contributed by atoms with Gasteiger partial charge in [0.05, 0.1) is 11.9 Å². The first kappa shape index (κ1) is 15.5. The van der Waals surface area contributed by atoms with Crippen molar-refractivity contribution < 1.29 is 12.9 Å². The molecule has 0 aromatic carbocycles. The Morgan fingerprint density at radius 2 is 2.20 bits per heavy atom. The van der Waals surface area contributed by atoms with Crippen LogP contribution in [0.3, 0.4) is 0 Å². The van der Waals surface area contributed by atoms with Gasteiger partial charge in [-0.15, -0.1) is 0 Å². The van der Waals surface area contributed by atoms with Gasteiger partial charge in [0, 0.05) is 25.2 Å². The highest BCUT2D eigenvalue weighted by molar-refractivity contribution is 7.88. The van der Waals surface area contributed by atoms with Gasteiger partial charge in [-0.1, -0.05) is 5.16 Å². The number of nitrogens with zero attached hydrogens (tertiary/aromatic N) is 2. The molecule has 1 aromatic rings. The van der Waals surface area contributed by atoms with Crippen LogP contribution in [0.1, 0.15) is 29.9 Å². The number of likely N-dealkylation sites (tertiary alicyclic amines) is 1. The lowest BCUT2D eigenvalue weighted by Gasteiger charge is -2.32. The fourth-order valence-electron chi connectivity index (χ4n) is 2.68. The van der Waals surface area contributed by atoms with Gasteiger partial charge < -0.3 is 4.52 Å². The van der Waals surface area contributed by atoms with Crippen molar-refractivity contribution in [2.24, 2.45) is 5.92 Å². The summed E-state index contributed by atoms with van der Waals surface area (Å²) in [7, 11) is -3.10. The minimum absolute atomic E-state index is 0.374. The summed E-state index contributed by atoms with van der Waals surface area (Å²) in [6.07, 6.45) is 3.37. The molecule has 1 atom stereocenters. The fourth-order valence-corrected chi connectivity index (χ4v) is 3.22. The maximum atomic E-state index is 11.2. The zero-order chi connectivity index (χ0) is 14.8. The van der Waals surface area contributed by atoms with Crippen molar-refractivity contribution in [2.75, 3.05) is 25.9 Å². The summed E-state index contributed by atoms with van der Waals surface area (Å²) < 4.78 is 30.1. The van der Waals surface area contributed by atoms with Crippen LogP contribution < -0.4 is 4.72 Å². The van der Waals surface area contributed by atoms with Crippen molar-refractivity contribution in [2.45, 2.75) is 33.2 Å². The normalized spacial score (nSPS) is 21.2. The molecule has 1 fully saturated rings. The van der Waals surface area contributed by atoms with Crippen LogP contribution >= 0.6 is 0 Å². The molecule has 0 radical (unpaired) electrons. The van der Waals surface area contributed by atoms with Gasteiger partial charge in [0.2, 0.25) is 10.0 Å². The third kappa shape index (κ3) is 4.29. The molecule has 7 heteroatoms. The second-order valence-electron chi connectivity index (χ2n) is 5.67. The fraction of sp³-hybridized carbons (Fsp3) is 0.769. The number of sulfonamides is 1. The van der Waals surface area contributed by atoms with E-state index in [-0.39, 0.29) is 0 Å². The largest absolute Gasteiger partial charge is 0.361 e. The molecule has 1 aromatic heterocycles. The highest BCUT2D eigenvalue weighted by Gasteiger charge is 2.22. The van der Waals surface area contributed by atoms with Gasteiger partial charge in [0.15, 0.2) is 0 Å². The van der Waals surface area contributed by atoms with Crippen LogP contribution in [0.4, 0.5) is 0 Å². The molecule has 6 nitrogen and oxygen atoms in total. The van der Waals surface area contributed by atoms with E-state index < -0.39 is 10.0 Å². The maximum Gasteiger partial charge on any atom is 0.208 e. The average Bonchev–Trinajstić information content (AvgIpc) is 2.68. The van der Waals surface area contributed by atoms with Gasteiger partial charge in [0.25, 0.3) is 0 Å². The minimum Gasteiger partial charge on any atom is -0.361 e. The number of rotatable bonds is 5. The van der Waals surface area contributed by atoms with E-state index in [2.05, 4.69) is 14.8 Å². The van der Waals surface area contributed by atoms with Crippen molar-refractivity contribution in [1.82, 2.24) is 14.8 Å². The Bertz CT molecular complexity index is 534. The number of hydrogen-bond donors (Lipinski definition) is 1. The van der Waals surface area contributed by atoms with Crippen LogP contribution in [0.2, 0.25) is 0 Å². The molecule has 0 spiro atoms. The SMILES string of the molecule is Cc1noc(C)c1CN1CCC[C@@H](CNS(C)(=O)=O)C1. The summed E-state index contributed by atoms with van der Waals surface area (Å²) in [5.41, 5.74) is 2.10. The minimum atomic E-state index is -3.10. The summed E-state index contributed by atoms with van der Waals surface area (Å²) in [5.74, 6) is 1.25. The second kappa shape index (κ2) is 6.24. The molecular weight excluding hydrogens is 278 g/mol. The lowest BCUT2D eigenvalue weighted by Crippen LogP contribution is -2.40. The van der Waals surface area contributed by atoms with Crippen LogP contribution in [0.5, 0.6) is 0 Å². The molecule has 1 N–H and O–H groups in total. The zero-order valence-corrected chi connectivity index (χ0v) is 13.2. The molecule has 0 amide bonds. The molecular formula is C13H23N3O3S. The Kier molecular flexibility index (Phi) is 4.82. The molecule has 0 unspecified atom stereocenters. The Morgan fingerprint density at radius 1 is 1.45 bits per heavy atom. The van der Waals surface area contributed by atoms with Crippen LogP contribution in [0.15, 0.2) is 4.52 Å². The molecule has 2 heterocycles. The van der Waals surface area contributed by atoms with E-state index in [1.54, 1.807) is 0 Å². The molecule has 1 aliphatic heterocycles. The summed E-state index contributed by atoms with van der Waals surface area (Å²) in [4.78, 5) is 2.35. The summed E-state index contributed by atoms with van der Waals surface area (Å²) in [6.45, 7) is 7.19. The van der Waals surface area contributed by atoms with E-state index >= 15 is 0 Å². The Hall–Kier alpha value is -0.920. The standard InChI is InChI=1S/C13H23N3O3S/c1-10-13(11(2)19-15-10)9-16-6-4-5-12(8-16)7-14-20(3,17)18/h12,14H,4-9H2,1-3H3/t12-/m0/s1. The summed E-state index contributed by atoms with van der Waals surface area (Å²) in [5, 5.41) is 3.98. The number of nitrogens with one attached hydrogen (secondary N) is 1. The van der Waals surface area contributed by atoms with Crippen LogP contribution in [0, 0.1) is 19.8 Å². The first-order valence-corrected chi connectivity index (χ1v) is 8.83. The van der Waals surface area contributed by atoms with Gasteiger partial charge in [-0.3, -0.25) is 4.90 Å². The Labute approximate surface area is 120 Å². The second-order valence-corrected chi connectivity index (χ2v) is 7.50. The molecule has 114 valence electrons. The number of aromatic nitrogens is 1. The predicted molar refractivity (Wildman–Crippen MR) is 76.8 cm³/mol. The Morgan fingerprint density at radius 3 is 2.80 bits per heavy atom. The van der Waals surface area contributed by atoms with E-state index in [1.165, 1.54) is 6.26 Å². The highest BCUT2D eigenvalue weighted by atomic mass is 32.2. The average molecular weight is 301 g/mol. The van der Waals surface area contributed by atoms with E-state index in [0.717, 1.165) is 49.5 Å². The van der Waals surface area contributed by atoms with Gasteiger partial charge in [0.1, 0.15) is 5.76 Å². The van der Waals surface area contributed by atoms with Crippen molar-refractivity contribution in [3.63, 3.8) is 0 Å². The van der Waals surface area contributed by atoms with Crippen molar-refractivity contribution in [3.8, 4) is 0 Å². The van der Waals surface area contributed by atoms with E-state index in [0.29, 0.717) is 12.5 Å². The molecule has 0 aliphatic carbocycles. The van der Waals surface area contributed by atoms with Crippen molar-refractivity contribution >= 4 is 10.0 Å². The number of aryl methyl sites for hydroxylation is 2. The summed E-state index contributed by atoms with van der Waals surface area (Å²) >= 11 is 0.